The van der Waals surface area contributed by atoms with Crippen molar-refractivity contribution in [2.24, 2.45) is 5.92 Å². The normalized spacial score (nSPS) is 18.6. The average Bonchev–Trinajstić information content (AvgIpc) is 3.00. The van der Waals surface area contributed by atoms with Crippen LogP contribution in [0, 0.1) is 12.8 Å². The molecular formula is C20H24F3N3O. The van der Waals surface area contributed by atoms with E-state index in [1.165, 1.54) is 12.1 Å². The predicted molar refractivity (Wildman–Crippen MR) is 96.4 cm³/mol. The fourth-order valence-electron chi connectivity index (χ4n) is 3.70. The lowest BCUT2D eigenvalue weighted by atomic mass is 9.89. The van der Waals surface area contributed by atoms with Gasteiger partial charge < -0.3 is 0 Å². The van der Waals surface area contributed by atoms with Crippen molar-refractivity contribution in [2.75, 3.05) is 13.1 Å². The Morgan fingerprint density at radius 1 is 1.33 bits per heavy atom. The first-order valence-corrected chi connectivity index (χ1v) is 9.24. The van der Waals surface area contributed by atoms with Crippen LogP contribution in [0.25, 0.3) is 0 Å². The molecule has 0 saturated carbocycles. The van der Waals surface area contributed by atoms with Crippen molar-refractivity contribution in [3.63, 3.8) is 0 Å². The number of nitrogens with zero attached hydrogens (tertiary/aromatic N) is 3. The number of hydrogen-bond donors (Lipinski definition) is 0. The minimum absolute atomic E-state index is 0.145. The van der Waals surface area contributed by atoms with Crippen LogP contribution in [0.4, 0.5) is 13.2 Å². The van der Waals surface area contributed by atoms with E-state index in [4.69, 9.17) is 0 Å². The maximum absolute atomic E-state index is 12.9. The average molecular weight is 379 g/mol. The summed E-state index contributed by atoms with van der Waals surface area (Å²) in [5.74, 6) is -0.476. The summed E-state index contributed by atoms with van der Waals surface area (Å²) in [6.45, 7) is 7.02. The van der Waals surface area contributed by atoms with Gasteiger partial charge in [0, 0.05) is 42.4 Å². The minimum atomic E-state index is -4.44. The SMILES string of the molecule is CCn1ncc(CN2CCC[C@@H](C(=O)c3cccc(C(F)(F)F)c3)C2)c1C. The fourth-order valence-corrected chi connectivity index (χ4v) is 3.70. The van der Waals surface area contributed by atoms with E-state index in [0.29, 0.717) is 19.5 Å². The Hall–Kier alpha value is -2.15. The van der Waals surface area contributed by atoms with Gasteiger partial charge in [-0.1, -0.05) is 12.1 Å². The largest absolute Gasteiger partial charge is 0.416 e. The Balaban J connectivity index is 1.70. The first kappa shape index (κ1) is 19.6. The molecule has 0 aliphatic carbocycles. The number of hydrogen-bond acceptors (Lipinski definition) is 3. The molecule has 1 atom stereocenters. The van der Waals surface area contributed by atoms with Gasteiger partial charge in [-0.05, 0) is 45.4 Å². The molecule has 2 heterocycles. The molecule has 0 radical (unpaired) electrons. The van der Waals surface area contributed by atoms with Gasteiger partial charge in [-0.25, -0.2) is 0 Å². The summed E-state index contributed by atoms with van der Waals surface area (Å²) in [4.78, 5) is 15.0. The van der Waals surface area contributed by atoms with E-state index in [1.807, 2.05) is 24.7 Å². The third-order valence-electron chi connectivity index (χ3n) is 5.25. The van der Waals surface area contributed by atoms with Gasteiger partial charge >= 0.3 is 6.18 Å². The number of rotatable bonds is 5. The van der Waals surface area contributed by atoms with Crippen LogP contribution < -0.4 is 0 Å². The van der Waals surface area contributed by atoms with E-state index < -0.39 is 11.7 Å². The summed E-state index contributed by atoms with van der Waals surface area (Å²) in [6, 6.07) is 4.75. The van der Waals surface area contributed by atoms with Gasteiger partial charge in [-0.3, -0.25) is 14.4 Å². The number of alkyl halides is 3. The molecule has 0 amide bonds. The number of piperidine rings is 1. The van der Waals surface area contributed by atoms with Crippen molar-refractivity contribution in [2.45, 2.75) is 46.0 Å². The molecule has 0 unspecified atom stereocenters. The molecule has 1 aromatic carbocycles. The summed E-state index contributed by atoms with van der Waals surface area (Å²) in [7, 11) is 0. The number of likely N-dealkylation sites (tertiary alicyclic amines) is 1. The highest BCUT2D eigenvalue weighted by Gasteiger charge is 2.32. The van der Waals surface area contributed by atoms with Crippen molar-refractivity contribution < 1.29 is 18.0 Å². The molecule has 1 aliphatic heterocycles. The highest BCUT2D eigenvalue weighted by molar-refractivity contribution is 5.98. The maximum atomic E-state index is 12.9. The molecule has 1 aromatic heterocycles. The van der Waals surface area contributed by atoms with Crippen LogP contribution in [0.2, 0.25) is 0 Å². The van der Waals surface area contributed by atoms with Crippen LogP contribution in [0.5, 0.6) is 0 Å². The zero-order valence-electron chi connectivity index (χ0n) is 15.6. The second-order valence-electron chi connectivity index (χ2n) is 7.09. The van der Waals surface area contributed by atoms with Crippen LogP contribution in [0.15, 0.2) is 30.5 Å². The Morgan fingerprint density at radius 2 is 2.11 bits per heavy atom. The lowest BCUT2D eigenvalue weighted by molar-refractivity contribution is -0.137. The van der Waals surface area contributed by atoms with Gasteiger partial charge in [0.2, 0.25) is 0 Å². The number of benzene rings is 1. The van der Waals surface area contributed by atoms with Crippen molar-refractivity contribution in [1.29, 1.82) is 0 Å². The standard InChI is InChI=1S/C20H24F3N3O/c1-3-26-14(2)17(11-24-26)13-25-9-5-7-16(12-25)19(27)15-6-4-8-18(10-15)20(21,22)23/h4,6,8,10-11,16H,3,5,7,9,12-13H2,1-2H3/t16-/m1/s1. The maximum Gasteiger partial charge on any atom is 0.416 e. The van der Waals surface area contributed by atoms with Gasteiger partial charge in [-0.15, -0.1) is 0 Å². The first-order valence-electron chi connectivity index (χ1n) is 9.24. The summed E-state index contributed by atoms with van der Waals surface area (Å²) in [6.07, 6.45) is -1.02. The Kier molecular flexibility index (Phi) is 5.69. The second kappa shape index (κ2) is 7.84. The molecule has 1 saturated heterocycles. The number of ketones is 1. The Morgan fingerprint density at radius 3 is 2.78 bits per heavy atom. The van der Waals surface area contributed by atoms with Crippen molar-refractivity contribution in [1.82, 2.24) is 14.7 Å². The van der Waals surface area contributed by atoms with E-state index in [1.54, 1.807) is 0 Å². The van der Waals surface area contributed by atoms with E-state index in [0.717, 1.165) is 42.9 Å². The number of Topliss-reactive ketones (excluding diaryl/α,β-unsaturated/α-hetero) is 1. The number of carbonyl (C=O) groups excluding carboxylic acids is 1. The quantitative estimate of drug-likeness (QED) is 0.726. The second-order valence-corrected chi connectivity index (χ2v) is 7.09. The van der Waals surface area contributed by atoms with E-state index in [9.17, 15) is 18.0 Å². The van der Waals surface area contributed by atoms with Crippen LogP contribution in [0.1, 0.15) is 46.9 Å². The van der Waals surface area contributed by atoms with Crippen molar-refractivity contribution in [3.05, 3.63) is 52.8 Å². The molecule has 27 heavy (non-hydrogen) atoms. The molecule has 1 fully saturated rings. The first-order chi connectivity index (χ1) is 12.8. The molecule has 146 valence electrons. The van der Waals surface area contributed by atoms with Crippen LogP contribution in [-0.2, 0) is 19.3 Å². The molecule has 3 rings (SSSR count). The smallest absolute Gasteiger partial charge is 0.298 e. The number of halogens is 3. The third-order valence-corrected chi connectivity index (χ3v) is 5.25. The number of aryl methyl sites for hydroxylation is 1. The number of aromatic nitrogens is 2. The van der Waals surface area contributed by atoms with Crippen LogP contribution in [-0.4, -0.2) is 33.6 Å². The van der Waals surface area contributed by atoms with Crippen molar-refractivity contribution >= 4 is 5.78 Å². The molecule has 0 N–H and O–H groups in total. The fraction of sp³-hybridized carbons (Fsp3) is 0.500. The molecule has 0 bridgehead atoms. The summed E-state index contributed by atoms with van der Waals surface area (Å²) in [5, 5.41) is 4.35. The summed E-state index contributed by atoms with van der Waals surface area (Å²) < 4.78 is 40.7. The monoisotopic (exact) mass is 379 g/mol. The van der Waals surface area contributed by atoms with Crippen LogP contribution >= 0.6 is 0 Å². The molecule has 2 aromatic rings. The number of carbonyl (C=O) groups is 1. The third kappa shape index (κ3) is 4.40. The topological polar surface area (TPSA) is 38.1 Å². The van der Waals surface area contributed by atoms with E-state index in [-0.39, 0.29) is 17.3 Å². The van der Waals surface area contributed by atoms with Crippen molar-refractivity contribution in [3.8, 4) is 0 Å². The van der Waals surface area contributed by atoms with Gasteiger partial charge in [0.1, 0.15) is 0 Å². The van der Waals surface area contributed by atoms with E-state index in [2.05, 4.69) is 10.00 Å². The molecule has 4 nitrogen and oxygen atoms in total. The lowest BCUT2D eigenvalue weighted by Crippen LogP contribution is -2.38. The summed E-state index contributed by atoms with van der Waals surface area (Å²) in [5.41, 5.74) is 1.61. The minimum Gasteiger partial charge on any atom is -0.298 e. The predicted octanol–water partition coefficient (Wildman–Crippen LogP) is 4.33. The molecule has 7 heteroatoms. The van der Waals surface area contributed by atoms with Gasteiger partial charge in [0.25, 0.3) is 0 Å². The molecule has 0 spiro atoms. The highest BCUT2D eigenvalue weighted by atomic mass is 19.4. The Bertz CT molecular complexity index is 813. The van der Waals surface area contributed by atoms with Crippen LogP contribution in [0.3, 0.4) is 0 Å². The zero-order chi connectivity index (χ0) is 19.6. The lowest BCUT2D eigenvalue weighted by Gasteiger charge is -2.32. The summed E-state index contributed by atoms with van der Waals surface area (Å²) >= 11 is 0. The molecule has 1 aliphatic rings. The van der Waals surface area contributed by atoms with Gasteiger partial charge in [-0.2, -0.15) is 18.3 Å². The highest BCUT2D eigenvalue weighted by Crippen LogP contribution is 2.31. The van der Waals surface area contributed by atoms with E-state index >= 15 is 0 Å². The Labute approximate surface area is 157 Å². The van der Waals surface area contributed by atoms with Gasteiger partial charge in [0.05, 0.1) is 11.8 Å². The molecular weight excluding hydrogens is 355 g/mol. The zero-order valence-corrected chi connectivity index (χ0v) is 15.6. The van der Waals surface area contributed by atoms with Gasteiger partial charge in [0.15, 0.2) is 5.78 Å².